The molecule has 0 bridgehead atoms. The summed E-state index contributed by atoms with van der Waals surface area (Å²) in [5.41, 5.74) is 4.58. The minimum absolute atomic E-state index is 0.315. The summed E-state index contributed by atoms with van der Waals surface area (Å²) in [4.78, 5) is 0. The van der Waals surface area contributed by atoms with Crippen LogP contribution in [0.5, 0.6) is 0 Å². The molecule has 6 heteroatoms. The Morgan fingerprint density at radius 2 is 1.03 bits per heavy atom. The van der Waals surface area contributed by atoms with Crippen molar-refractivity contribution < 1.29 is 28.1 Å². The van der Waals surface area contributed by atoms with Gasteiger partial charge < -0.3 is 18.9 Å². The molecule has 2 aliphatic rings. The molecule has 0 saturated carbocycles. The zero-order valence-electron chi connectivity index (χ0n) is 19.0. The standard InChI is InChI=1S/C28H28N2O4/c1-3-13-29(24(11-1)27-31-15-16-32-27)19-22-9-5-7-21-8-6-10-23(26(21)22)20-30-14-4-2-12-25(30)28-33-17-18-34-28/h1-14,27-28H,15-20H2/q+2. The lowest BCUT2D eigenvalue weighted by Crippen LogP contribution is -2.41. The van der Waals surface area contributed by atoms with Gasteiger partial charge in [0.1, 0.15) is 0 Å². The van der Waals surface area contributed by atoms with Crippen LogP contribution in [0.2, 0.25) is 0 Å². The van der Waals surface area contributed by atoms with Crippen molar-refractivity contribution in [2.24, 2.45) is 0 Å². The average Bonchev–Trinajstić information content (AvgIpc) is 3.60. The van der Waals surface area contributed by atoms with E-state index in [1.54, 1.807) is 0 Å². The smallest absolute Gasteiger partial charge is 0.245 e. The normalized spacial score (nSPS) is 17.1. The Morgan fingerprint density at radius 1 is 0.559 bits per heavy atom. The first kappa shape index (κ1) is 21.4. The van der Waals surface area contributed by atoms with Crippen LogP contribution in [0.15, 0.2) is 85.2 Å². The van der Waals surface area contributed by atoms with Crippen LogP contribution in [0.1, 0.15) is 35.1 Å². The summed E-state index contributed by atoms with van der Waals surface area (Å²) < 4.78 is 27.6. The van der Waals surface area contributed by atoms with Crippen molar-refractivity contribution in [3.05, 3.63) is 108 Å². The van der Waals surface area contributed by atoms with Gasteiger partial charge in [0.15, 0.2) is 25.5 Å². The molecule has 0 N–H and O–H groups in total. The number of fused-ring (bicyclic) bond motifs is 1. The van der Waals surface area contributed by atoms with Crippen molar-refractivity contribution in [1.82, 2.24) is 0 Å². The molecule has 172 valence electrons. The molecule has 34 heavy (non-hydrogen) atoms. The third-order valence-electron chi connectivity index (χ3n) is 6.44. The third kappa shape index (κ3) is 4.21. The predicted molar refractivity (Wildman–Crippen MR) is 125 cm³/mol. The van der Waals surface area contributed by atoms with Crippen molar-refractivity contribution >= 4 is 10.8 Å². The number of pyridine rings is 2. The SMILES string of the molecule is c1cc[n+](Cc2cccc3cccc(C[n+]4ccccc4C4OCCO4)c23)c(C2OCCO2)c1. The molecule has 6 rings (SSSR count). The second kappa shape index (κ2) is 9.60. The molecule has 0 aliphatic carbocycles. The number of rotatable bonds is 6. The Morgan fingerprint density at radius 3 is 1.50 bits per heavy atom. The van der Waals surface area contributed by atoms with E-state index in [1.165, 1.54) is 21.9 Å². The number of aromatic nitrogens is 2. The first-order chi connectivity index (χ1) is 16.9. The van der Waals surface area contributed by atoms with Crippen LogP contribution >= 0.6 is 0 Å². The Balaban J connectivity index is 1.39. The molecule has 2 aromatic heterocycles. The van der Waals surface area contributed by atoms with Gasteiger partial charge in [-0.05, 0) is 17.5 Å². The van der Waals surface area contributed by atoms with Crippen LogP contribution in [-0.4, -0.2) is 26.4 Å². The fourth-order valence-corrected chi connectivity index (χ4v) is 4.89. The molecule has 0 radical (unpaired) electrons. The second-order valence-corrected chi connectivity index (χ2v) is 8.59. The summed E-state index contributed by atoms with van der Waals surface area (Å²) in [6.07, 6.45) is 3.57. The zero-order valence-corrected chi connectivity index (χ0v) is 19.0. The van der Waals surface area contributed by atoms with Gasteiger partial charge in [-0.2, -0.15) is 9.13 Å². The summed E-state index contributed by atoms with van der Waals surface area (Å²) in [6, 6.07) is 25.4. The second-order valence-electron chi connectivity index (χ2n) is 8.59. The van der Waals surface area contributed by atoms with E-state index < -0.39 is 0 Å². The van der Waals surface area contributed by atoms with Gasteiger partial charge in [-0.25, -0.2) is 0 Å². The number of hydrogen-bond acceptors (Lipinski definition) is 4. The molecule has 0 spiro atoms. The minimum Gasteiger partial charge on any atom is -0.341 e. The third-order valence-corrected chi connectivity index (χ3v) is 6.44. The Kier molecular flexibility index (Phi) is 6.04. The monoisotopic (exact) mass is 456 g/mol. The minimum atomic E-state index is -0.315. The summed E-state index contributed by atoms with van der Waals surface area (Å²) in [5.74, 6) is 0. The highest BCUT2D eigenvalue weighted by atomic mass is 16.7. The van der Waals surface area contributed by atoms with E-state index in [1.807, 2.05) is 12.1 Å². The average molecular weight is 457 g/mol. The summed E-state index contributed by atoms with van der Waals surface area (Å²) in [5, 5.41) is 2.50. The van der Waals surface area contributed by atoms with Crippen molar-refractivity contribution in [3.8, 4) is 0 Å². The number of hydrogen-bond donors (Lipinski definition) is 0. The lowest BCUT2D eigenvalue weighted by molar-refractivity contribution is -0.702. The topological polar surface area (TPSA) is 44.7 Å². The van der Waals surface area contributed by atoms with Gasteiger partial charge in [0, 0.05) is 40.8 Å². The van der Waals surface area contributed by atoms with Crippen molar-refractivity contribution in [1.29, 1.82) is 0 Å². The molecule has 4 aromatic rings. The largest absolute Gasteiger partial charge is 0.341 e. The molecule has 0 amide bonds. The number of nitrogens with zero attached hydrogens (tertiary/aromatic N) is 2. The van der Waals surface area contributed by atoms with Crippen LogP contribution in [0.25, 0.3) is 10.8 Å². The summed E-state index contributed by atoms with van der Waals surface area (Å²) in [7, 11) is 0. The number of benzene rings is 2. The Hall–Kier alpha value is -3.16. The summed E-state index contributed by atoms with van der Waals surface area (Å²) in [6.45, 7) is 3.97. The van der Waals surface area contributed by atoms with Crippen molar-refractivity contribution in [2.75, 3.05) is 26.4 Å². The van der Waals surface area contributed by atoms with Gasteiger partial charge in [-0.3, -0.25) is 0 Å². The molecule has 2 fully saturated rings. The van der Waals surface area contributed by atoms with E-state index in [0.29, 0.717) is 26.4 Å². The van der Waals surface area contributed by atoms with Gasteiger partial charge >= 0.3 is 0 Å². The van der Waals surface area contributed by atoms with Crippen molar-refractivity contribution in [3.63, 3.8) is 0 Å². The summed E-state index contributed by atoms with van der Waals surface area (Å²) >= 11 is 0. The molecule has 0 unspecified atom stereocenters. The quantitative estimate of drug-likeness (QED) is 0.416. The molecule has 2 aromatic carbocycles. The molecular formula is C28H28N2O4+2. The van der Waals surface area contributed by atoms with E-state index in [4.69, 9.17) is 18.9 Å². The van der Waals surface area contributed by atoms with Gasteiger partial charge in [0.05, 0.1) is 26.4 Å². The fraction of sp³-hybridized carbons (Fsp3) is 0.286. The highest BCUT2D eigenvalue weighted by molar-refractivity contribution is 5.88. The van der Waals surface area contributed by atoms with Gasteiger partial charge in [0.25, 0.3) is 0 Å². The Bertz CT molecular complexity index is 1200. The van der Waals surface area contributed by atoms with E-state index in [0.717, 1.165) is 24.5 Å². The van der Waals surface area contributed by atoms with E-state index in [-0.39, 0.29) is 12.6 Å². The molecular weight excluding hydrogens is 428 g/mol. The lowest BCUT2D eigenvalue weighted by Gasteiger charge is -2.13. The van der Waals surface area contributed by atoms with Crippen molar-refractivity contribution in [2.45, 2.75) is 25.7 Å². The highest BCUT2D eigenvalue weighted by Gasteiger charge is 2.29. The van der Waals surface area contributed by atoms with Crippen LogP contribution in [0, 0.1) is 0 Å². The van der Waals surface area contributed by atoms with Crippen LogP contribution in [-0.2, 0) is 32.0 Å². The van der Waals surface area contributed by atoms with Gasteiger partial charge in [-0.1, -0.05) is 36.4 Å². The lowest BCUT2D eigenvalue weighted by atomic mass is 9.98. The number of ether oxygens (including phenoxy) is 4. The van der Waals surface area contributed by atoms with Gasteiger partial charge in [-0.15, -0.1) is 0 Å². The molecule has 0 atom stereocenters. The molecule has 2 aliphatic heterocycles. The molecule has 6 nitrogen and oxygen atoms in total. The predicted octanol–water partition coefficient (Wildman–Crippen LogP) is 3.60. The van der Waals surface area contributed by atoms with E-state index in [2.05, 4.69) is 82.2 Å². The van der Waals surface area contributed by atoms with E-state index in [9.17, 15) is 0 Å². The van der Waals surface area contributed by atoms with Crippen LogP contribution < -0.4 is 9.13 Å². The highest BCUT2D eigenvalue weighted by Crippen LogP contribution is 2.26. The zero-order chi connectivity index (χ0) is 22.7. The Labute approximate surface area is 198 Å². The first-order valence-electron chi connectivity index (χ1n) is 11.8. The maximum atomic E-state index is 5.80. The van der Waals surface area contributed by atoms with Crippen LogP contribution in [0.3, 0.4) is 0 Å². The van der Waals surface area contributed by atoms with Crippen LogP contribution in [0.4, 0.5) is 0 Å². The molecule has 2 saturated heterocycles. The fourth-order valence-electron chi connectivity index (χ4n) is 4.89. The van der Waals surface area contributed by atoms with Gasteiger partial charge in [0.2, 0.25) is 24.0 Å². The maximum Gasteiger partial charge on any atom is 0.245 e. The first-order valence-corrected chi connectivity index (χ1v) is 11.8. The molecule has 4 heterocycles. The van der Waals surface area contributed by atoms with E-state index >= 15 is 0 Å². The maximum absolute atomic E-state index is 5.80.